The lowest BCUT2D eigenvalue weighted by atomic mass is 9.94. The van der Waals surface area contributed by atoms with E-state index in [0.717, 1.165) is 70.0 Å². The van der Waals surface area contributed by atoms with Gasteiger partial charge >= 0.3 is 0 Å². The van der Waals surface area contributed by atoms with Gasteiger partial charge in [0.05, 0.1) is 0 Å². The summed E-state index contributed by atoms with van der Waals surface area (Å²) in [6.07, 6.45) is 5.45. The fourth-order valence-electron chi connectivity index (χ4n) is 4.55. The van der Waals surface area contributed by atoms with Crippen LogP contribution < -0.4 is 0 Å². The Balaban J connectivity index is 1.36. The molecule has 0 saturated carbocycles. The highest BCUT2D eigenvalue weighted by Gasteiger charge is 2.26. The van der Waals surface area contributed by atoms with Gasteiger partial charge in [0.15, 0.2) is 0 Å². The molecule has 0 bridgehead atoms. The van der Waals surface area contributed by atoms with E-state index >= 15 is 0 Å². The molecule has 4 nitrogen and oxygen atoms in total. The number of carbonyl (C=O) groups excluding carboxylic acids is 1. The van der Waals surface area contributed by atoms with Gasteiger partial charge in [0, 0.05) is 39.1 Å². The van der Waals surface area contributed by atoms with E-state index in [1.54, 1.807) is 19.1 Å². The predicted octanol–water partition coefficient (Wildman–Crippen LogP) is 3.02. The molecular weight excluding hydrogens is 341 g/mol. The monoisotopic (exact) mass is 375 g/mol. The van der Waals surface area contributed by atoms with Crippen LogP contribution in [0.3, 0.4) is 0 Å². The first-order chi connectivity index (χ1) is 13.0. The first kappa shape index (κ1) is 20.3. The average molecular weight is 376 g/mol. The van der Waals surface area contributed by atoms with Crippen molar-refractivity contribution < 1.29 is 9.18 Å². The zero-order chi connectivity index (χ0) is 19.2. The van der Waals surface area contributed by atoms with Crippen LogP contribution in [0.25, 0.3) is 0 Å². The molecular formula is C22H34FN3O. The molecule has 0 atom stereocenters. The number of hydrogen-bond acceptors (Lipinski definition) is 3. The average Bonchev–Trinajstić information content (AvgIpc) is 2.68. The lowest BCUT2D eigenvalue weighted by Crippen LogP contribution is -2.47. The standard InChI is InChI=1S/C22H34FN3O/c1-18(27)26-15-10-21(11-16-26)24(2)17-19-7-12-25(13-8-19)14-9-20-5-3-4-6-22(20)23/h3-6,19,21H,7-17H2,1-2H3. The highest BCUT2D eigenvalue weighted by molar-refractivity contribution is 5.73. The molecule has 0 unspecified atom stereocenters. The normalized spacial score (nSPS) is 20.4. The van der Waals surface area contributed by atoms with Crippen molar-refractivity contribution in [2.45, 2.75) is 45.1 Å². The van der Waals surface area contributed by atoms with E-state index < -0.39 is 0 Å². The Morgan fingerprint density at radius 3 is 2.41 bits per heavy atom. The molecule has 1 amide bonds. The van der Waals surface area contributed by atoms with Crippen LogP contribution in [0.5, 0.6) is 0 Å². The molecule has 0 aromatic heterocycles. The number of carbonyl (C=O) groups is 1. The van der Waals surface area contributed by atoms with Crippen LogP contribution in [0.2, 0.25) is 0 Å². The third kappa shape index (κ3) is 5.76. The number of amides is 1. The van der Waals surface area contributed by atoms with Gasteiger partial charge in [-0.05, 0) is 69.8 Å². The molecule has 150 valence electrons. The second-order valence-electron chi connectivity index (χ2n) is 8.30. The number of piperidine rings is 2. The second-order valence-corrected chi connectivity index (χ2v) is 8.30. The summed E-state index contributed by atoms with van der Waals surface area (Å²) in [5, 5.41) is 0. The third-order valence-corrected chi connectivity index (χ3v) is 6.44. The Hall–Kier alpha value is -1.46. The van der Waals surface area contributed by atoms with Crippen molar-refractivity contribution in [3.63, 3.8) is 0 Å². The van der Waals surface area contributed by atoms with Crippen LogP contribution in [-0.4, -0.2) is 73.0 Å². The van der Waals surface area contributed by atoms with E-state index in [1.807, 2.05) is 17.0 Å². The summed E-state index contributed by atoms with van der Waals surface area (Å²) in [4.78, 5) is 18.4. The van der Waals surface area contributed by atoms with Crippen molar-refractivity contribution in [1.29, 1.82) is 0 Å². The molecule has 2 fully saturated rings. The maximum absolute atomic E-state index is 13.7. The number of rotatable bonds is 6. The molecule has 3 rings (SSSR count). The van der Waals surface area contributed by atoms with Crippen molar-refractivity contribution in [2.75, 3.05) is 46.3 Å². The molecule has 0 radical (unpaired) electrons. The molecule has 1 aromatic carbocycles. The molecule has 0 N–H and O–H groups in total. The van der Waals surface area contributed by atoms with Gasteiger partial charge in [-0.2, -0.15) is 0 Å². The SMILES string of the molecule is CC(=O)N1CCC(N(C)CC2CCN(CCc3ccccc3F)CC2)CC1. The summed E-state index contributed by atoms with van der Waals surface area (Å²) in [6.45, 7) is 7.83. The van der Waals surface area contributed by atoms with Crippen LogP contribution >= 0.6 is 0 Å². The molecule has 5 heteroatoms. The lowest BCUT2D eigenvalue weighted by Gasteiger charge is -2.39. The summed E-state index contributed by atoms with van der Waals surface area (Å²) >= 11 is 0. The second kappa shape index (κ2) is 9.65. The van der Waals surface area contributed by atoms with E-state index in [0.29, 0.717) is 6.04 Å². The van der Waals surface area contributed by atoms with Crippen LogP contribution in [-0.2, 0) is 11.2 Å². The number of likely N-dealkylation sites (tertiary alicyclic amines) is 2. The smallest absolute Gasteiger partial charge is 0.219 e. The maximum atomic E-state index is 13.7. The van der Waals surface area contributed by atoms with Crippen LogP contribution in [0.4, 0.5) is 4.39 Å². The van der Waals surface area contributed by atoms with Crippen LogP contribution in [0.15, 0.2) is 24.3 Å². The van der Waals surface area contributed by atoms with E-state index in [2.05, 4.69) is 16.8 Å². The minimum Gasteiger partial charge on any atom is -0.343 e. The Kier molecular flexibility index (Phi) is 7.25. The third-order valence-electron chi connectivity index (χ3n) is 6.44. The minimum atomic E-state index is -0.0789. The number of halogens is 1. The van der Waals surface area contributed by atoms with E-state index in [-0.39, 0.29) is 11.7 Å². The number of hydrogen-bond donors (Lipinski definition) is 0. The van der Waals surface area contributed by atoms with Gasteiger partial charge in [0.25, 0.3) is 0 Å². The van der Waals surface area contributed by atoms with Crippen LogP contribution in [0.1, 0.15) is 38.2 Å². The zero-order valence-electron chi connectivity index (χ0n) is 16.9. The van der Waals surface area contributed by atoms with Crippen LogP contribution in [0, 0.1) is 11.7 Å². The van der Waals surface area contributed by atoms with Gasteiger partial charge in [-0.1, -0.05) is 18.2 Å². The molecule has 0 aliphatic carbocycles. The van der Waals surface area contributed by atoms with Crippen molar-refractivity contribution >= 4 is 5.91 Å². The highest BCUT2D eigenvalue weighted by atomic mass is 19.1. The van der Waals surface area contributed by atoms with E-state index in [1.165, 1.54) is 12.8 Å². The summed E-state index contributed by atoms with van der Waals surface area (Å²) in [5.41, 5.74) is 0.830. The van der Waals surface area contributed by atoms with Gasteiger partial charge in [-0.3, -0.25) is 4.79 Å². The van der Waals surface area contributed by atoms with Crippen molar-refractivity contribution in [3.8, 4) is 0 Å². The summed E-state index contributed by atoms with van der Waals surface area (Å²) < 4.78 is 13.7. The van der Waals surface area contributed by atoms with E-state index in [4.69, 9.17) is 0 Å². The molecule has 2 aliphatic rings. The van der Waals surface area contributed by atoms with Gasteiger partial charge in [0.1, 0.15) is 5.82 Å². The Labute approximate surface area is 163 Å². The lowest BCUT2D eigenvalue weighted by molar-refractivity contribution is -0.130. The molecule has 27 heavy (non-hydrogen) atoms. The number of benzene rings is 1. The fraction of sp³-hybridized carbons (Fsp3) is 0.682. The summed E-state index contributed by atoms with van der Waals surface area (Å²) in [7, 11) is 2.25. The fourth-order valence-corrected chi connectivity index (χ4v) is 4.55. The minimum absolute atomic E-state index is 0.0789. The Morgan fingerprint density at radius 1 is 1.11 bits per heavy atom. The predicted molar refractivity (Wildman–Crippen MR) is 107 cm³/mol. The van der Waals surface area contributed by atoms with Crippen molar-refractivity contribution in [1.82, 2.24) is 14.7 Å². The maximum Gasteiger partial charge on any atom is 0.219 e. The molecule has 1 aromatic rings. The molecule has 2 heterocycles. The molecule has 2 saturated heterocycles. The van der Waals surface area contributed by atoms with Gasteiger partial charge in [-0.25, -0.2) is 4.39 Å². The van der Waals surface area contributed by atoms with Gasteiger partial charge in [0.2, 0.25) is 5.91 Å². The van der Waals surface area contributed by atoms with Crippen molar-refractivity contribution in [3.05, 3.63) is 35.6 Å². The highest BCUT2D eigenvalue weighted by Crippen LogP contribution is 2.22. The van der Waals surface area contributed by atoms with Gasteiger partial charge in [-0.15, -0.1) is 0 Å². The molecule has 2 aliphatic heterocycles. The Bertz CT molecular complexity index is 607. The first-order valence-corrected chi connectivity index (χ1v) is 10.4. The van der Waals surface area contributed by atoms with E-state index in [9.17, 15) is 9.18 Å². The quantitative estimate of drug-likeness (QED) is 0.765. The first-order valence-electron chi connectivity index (χ1n) is 10.4. The molecule has 0 spiro atoms. The zero-order valence-corrected chi connectivity index (χ0v) is 16.9. The summed E-state index contributed by atoms with van der Waals surface area (Å²) in [5.74, 6) is 0.884. The van der Waals surface area contributed by atoms with Gasteiger partial charge < -0.3 is 14.7 Å². The Morgan fingerprint density at radius 2 is 1.78 bits per heavy atom. The van der Waals surface area contributed by atoms with Crippen molar-refractivity contribution in [2.24, 2.45) is 5.92 Å². The number of nitrogens with zero attached hydrogens (tertiary/aromatic N) is 3. The summed E-state index contributed by atoms with van der Waals surface area (Å²) in [6, 6.07) is 7.73. The topological polar surface area (TPSA) is 26.8 Å². The largest absolute Gasteiger partial charge is 0.343 e.